The Morgan fingerprint density at radius 2 is 2.22 bits per heavy atom. The normalized spacial score (nSPS) is 24.1. The summed E-state index contributed by atoms with van der Waals surface area (Å²) in [6.45, 7) is 5.19. The van der Waals surface area contributed by atoms with Crippen LogP contribution in [0.4, 0.5) is 10.1 Å². The van der Waals surface area contributed by atoms with Crippen LogP contribution >= 0.6 is 24.0 Å². The largest absolute Gasteiger partial charge is 0.389 e. The number of thioether (sulfide) groups is 1. The Bertz CT molecular complexity index is 464. The molecule has 2 nitrogen and oxygen atoms in total. The highest BCUT2D eigenvalue weighted by Gasteiger charge is 2.27. The summed E-state index contributed by atoms with van der Waals surface area (Å²) in [7, 11) is 0. The maximum Gasteiger partial charge on any atom is 0.147 e. The van der Waals surface area contributed by atoms with Crippen molar-refractivity contribution in [3.63, 3.8) is 0 Å². The summed E-state index contributed by atoms with van der Waals surface area (Å²) in [6, 6.07) is 5.33. The Hall–Kier alpha value is -0.810. The van der Waals surface area contributed by atoms with Crippen molar-refractivity contribution in [2.75, 3.05) is 17.2 Å². The molecule has 0 radical (unpaired) electrons. The molecule has 5 heteroatoms. The van der Waals surface area contributed by atoms with E-state index in [0.29, 0.717) is 22.5 Å². The second-order valence-corrected chi connectivity index (χ2v) is 6.47. The summed E-state index contributed by atoms with van der Waals surface area (Å²) >= 11 is 6.79. The fraction of sp³-hybridized carbons (Fsp3) is 0.462. The molecule has 2 atom stereocenters. The van der Waals surface area contributed by atoms with Crippen molar-refractivity contribution in [3.05, 3.63) is 29.6 Å². The average Bonchev–Trinajstić information content (AvgIpc) is 2.33. The van der Waals surface area contributed by atoms with Crippen molar-refractivity contribution < 1.29 is 4.39 Å². The van der Waals surface area contributed by atoms with Crippen LogP contribution in [0.2, 0.25) is 0 Å². The molecular formula is C13H17FN2S2. The van der Waals surface area contributed by atoms with Gasteiger partial charge in [-0.15, -0.1) is 0 Å². The van der Waals surface area contributed by atoms with E-state index in [9.17, 15) is 4.39 Å². The molecule has 1 saturated heterocycles. The Morgan fingerprint density at radius 1 is 1.50 bits per heavy atom. The fourth-order valence-corrected chi connectivity index (χ4v) is 3.39. The molecule has 1 aromatic carbocycles. The zero-order valence-corrected chi connectivity index (χ0v) is 12.2. The number of halogens is 1. The van der Waals surface area contributed by atoms with E-state index >= 15 is 0 Å². The van der Waals surface area contributed by atoms with Crippen LogP contribution in [0.5, 0.6) is 0 Å². The van der Waals surface area contributed by atoms with Gasteiger partial charge in [0.05, 0.1) is 5.69 Å². The molecule has 2 rings (SSSR count). The summed E-state index contributed by atoms with van der Waals surface area (Å²) in [6.07, 6.45) is 0. The van der Waals surface area contributed by atoms with Crippen molar-refractivity contribution in [3.8, 4) is 0 Å². The van der Waals surface area contributed by atoms with E-state index in [0.717, 1.165) is 12.3 Å². The topological polar surface area (TPSA) is 29.3 Å². The first kappa shape index (κ1) is 13.6. The SMILES string of the molecule is CC1SCCN(c2ccc(C(N)=S)cc2F)C1C. The predicted molar refractivity (Wildman–Crippen MR) is 81.0 cm³/mol. The monoisotopic (exact) mass is 284 g/mol. The van der Waals surface area contributed by atoms with Crippen LogP contribution in [-0.2, 0) is 0 Å². The number of anilines is 1. The van der Waals surface area contributed by atoms with Crippen LogP contribution in [0.1, 0.15) is 19.4 Å². The van der Waals surface area contributed by atoms with Gasteiger partial charge in [-0.25, -0.2) is 4.39 Å². The van der Waals surface area contributed by atoms with E-state index in [2.05, 4.69) is 18.7 Å². The second-order valence-electron chi connectivity index (χ2n) is 4.54. The highest BCUT2D eigenvalue weighted by Crippen LogP contribution is 2.30. The first-order chi connectivity index (χ1) is 8.50. The van der Waals surface area contributed by atoms with E-state index in [1.165, 1.54) is 6.07 Å². The molecule has 1 aliphatic rings. The number of benzene rings is 1. The van der Waals surface area contributed by atoms with E-state index < -0.39 is 0 Å². The third-order valence-corrected chi connectivity index (χ3v) is 5.00. The summed E-state index contributed by atoms with van der Waals surface area (Å²) in [5, 5.41) is 0.508. The Kier molecular flexibility index (Phi) is 4.12. The van der Waals surface area contributed by atoms with Crippen molar-refractivity contribution in [1.29, 1.82) is 0 Å². The molecule has 1 heterocycles. The molecule has 18 heavy (non-hydrogen) atoms. The van der Waals surface area contributed by atoms with E-state index in [1.54, 1.807) is 12.1 Å². The molecule has 0 spiro atoms. The van der Waals surface area contributed by atoms with E-state index in [4.69, 9.17) is 18.0 Å². The third-order valence-electron chi connectivity index (χ3n) is 3.43. The number of rotatable bonds is 2. The highest BCUT2D eigenvalue weighted by molar-refractivity contribution is 8.00. The smallest absolute Gasteiger partial charge is 0.147 e. The lowest BCUT2D eigenvalue weighted by Gasteiger charge is -2.39. The van der Waals surface area contributed by atoms with Gasteiger partial charge in [0.15, 0.2) is 0 Å². The zero-order valence-electron chi connectivity index (χ0n) is 10.5. The van der Waals surface area contributed by atoms with Crippen molar-refractivity contribution >= 4 is 34.7 Å². The van der Waals surface area contributed by atoms with Gasteiger partial charge in [-0.3, -0.25) is 0 Å². The molecular weight excluding hydrogens is 267 g/mol. The van der Waals surface area contributed by atoms with Gasteiger partial charge in [0.2, 0.25) is 0 Å². The van der Waals surface area contributed by atoms with Gasteiger partial charge in [0.25, 0.3) is 0 Å². The van der Waals surface area contributed by atoms with Crippen LogP contribution in [0.25, 0.3) is 0 Å². The van der Waals surface area contributed by atoms with Crippen molar-refractivity contribution in [2.45, 2.75) is 25.1 Å². The molecule has 0 bridgehead atoms. The molecule has 2 N–H and O–H groups in total. The molecule has 98 valence electrons. The van der Waals surface area contributed by atoms with Crippen LogP contribution in [0, 0.1) is 5.82 Å². The first-order valence-corrected chi connectivity index (χ1v) is 7.44. The Balaban J connectivity index is 2.30. The van der Waals surface area contributed by atoms with Gasteiger partial charge in [0, 0.05) is 29.2 Å². The number of thiocarbonyl (C=S) groups is 1. The molecule has 0 aliphatic carbocycles. The molecule has 0 saturated carbocycles. The van der Waals surface area contributed by atoms with Crippen LogP contribution in [-0.4, -0.2) is 28.6 Å². The molecule has 0 aromatic heterocycles. The summed E-state index contributed by atoms with van der Waals surface area (Å²) in [4.78, 5) is 2.36. The number of hydrogen-bond donors (Lipinski definition) is 1. The fourth-order valence-electron chi connectivity index (χ4n) is 2.17. The lowest BCUT2D eigenvalue weighted by atomic mass is 10.1. The van der Waals surface area contributed by atoms with Gasteiger partial charge < -0.3 is 10.6 Å². The maximum absolute atomic E-state index is 14.1. The predicted octanol–water partition coefficient (Wildman–Crippen LogP) is 2.79. The minimum absolute atomic E-state index is 0.232. The first-order valence-electron chi connectivity index (χ1n) is 5.98. The van der Waals surface area contributed by atoms with Crippen LogP contribution in [0.15, 0.2) is 18.2 Å². The van der Waals surface area contributed by atoms with Gasteiger partial charge in [-0.1, -0.05) is 19.1 Å². The van der Waals surface area contributed by atoms with Gasteiger partial charge in [-0.2, -0.15) is 11.8 Å². The van der Waals surface area contributed by atoms with Gasteiger partial charge >= 0.3 is 0 Å². The van der Waals surface area contributed by atoms with E-state index in [1.807, 2.05) is 11.8 Å². The lowest BCUT2D eigenvalue weighted by Crippen LogP contribution is -2.45. The molecule has 1 aliphatic heterocycles. The molecule has 0 amide bonds. The van der Waals surface area contributed by atoms with Crippen molar-refractivity contribution in [1.82, 2.24) is 0 Å². The van der Waals surface area contributed by atoms with Gasteiger partial charge in [0.1, 0.15) is 10.8 Å². The molecule has 1 fully saturated rings. The summed E-state index contributed by atoms with van der Waals surface area (Å²) in [5.41, 5.74) is 6.74. The average molecular weight is 284 g/mol. The molecule has 2 unspecified atom stereocenters. The third kappa shape index (κ3) is 2.62. The minimum atomic E-state index is -0.244. The summed E-state index contributed by atoms with van der Waals surface area (Å²) < 4.78 is 14.1. The highest BCUT2D eigenvalue weighted by atomic mass is 32.2. The lowest BCUT2D eigenvalue weighted by molar-refractivity contribution is 0.582. The second kappa shape index (κ2) is 5.45. The van der Waals surface area contributed by atoms with Crippen LogP contribution < -0.4 is 10.6 Å². The van der Waals surface area contributed by atoms with Gasteiger partial charge in [-0.05, 0) is 25.1 Å². The number of nitrogens with zero attached hydrogens (tertiary/aromatic N) is 1. The Labute approximate surface area is 117 Å². The minimum Gasteiger partial charge on any atom is -0.389 e. The zero-order chi connectivity index (χ0) is 13.3. The molecule has 1 aromatic rings. The number of nitrogens with two attached hydrogens (primary N) is 1. The van der Waals surface area contributed by atoms with E-state index in [-0.39, 0.29) is 10.8 Å². The summed E-state index contributed by atoms with van der Waals surface area (Å²) in [5.74, 6) is 0.786. The standard InChI is InChI=1S/C13H17FN2S2/c1-8-9(2)18-6-5-16(8)12-4-3-10(13(15)17)7-11(12)14/h3-4,7-9H,5-6H2,1-2H3,(H2,15,17). The van der Waals surface area contributed by atoms with Crippen molar-refractivity contribution in [2.24, 2.45) is 5.73 Å². The quantitative estimate of drug-likeness (QED) is 0.846. The van der Waals surface area contributed by atoms with Crippen LogP contribution in [0.3, 0.4) is 0 Å². The Morgan fingerprint density at radius 3 is 2.83 bits per heavy atom. The number of hydrogen-bond acceptors (Lipinski definition) is 3. The maximum atomic E-state index is 14.1.